The van der Waals surface area contributed by atoms with Gasteiger partial charge in [-0.25, -0.2) is 4.98 Å². The molecule has 0 fully saturated rings. The van der Waals surface area contributed by atoms with E-state index in [0.717, 1.165) is 4.47 Å². The lowest BCUT2D eigenvalue weighted by Gasteiger charge is -2.08. The number of carbonyl (C=O) groups excluding carboxylic acids is 1. The topological polar surface area (TPSA) is 75.0 Å². The van der Waals surface area contributed by atoms with E-state index < -0.39 is 0 Å². The smallest absolute Gasteiger partial charge is 0.263 e. The van der Waals surface area contributed by atoms with Gasteiger partial charge in [0, 0.05) is 10.7 Å². The average molecular weight is 332 g/mol. The third-order valence-corrected chi connectivity index (χ3v) is 2.83. The molecule has 0 saturated heterocycles. The van der Waals surface area contributed by atoms with Crippen LogP contribution in [0.25, 0.3) is 0 Å². The summed E-state index contributed by atoms with van der Waals surface area (Å²) in [6.07, 6.45) is 1.58. The van der Waals surface area contributed by atoms with E-state index in [1.165, 1.54) is 0 Å². The molecule has 1 heterocycles. The fourth-order valence-corrected chi connectivity index (χ4v) is 1.69. The molecule has 0 bridgehead atoms. The highest BCUT2D eigenvalue weighted by Gasteiger charge is 2.07. The van der Waals surface area contributed by atoms with Crippen molar-refractivity contribution in [2.75, 3.05) is 11.9 Å². The number of nitrogens with zero attached hydrogens (tertiary/aromatic N) is 2. The molecule has 0 aliphatic carbocycles. The van der Waals surface area contributed by atoms with Crippen LogP contribution < -0.4 is 10.1 Å². The summed E-state index contributed by atoms with van der Waals surface area (Å²) < 4.78 is 6.14. The van der Waals surface area contributed by atoms with Crippen molar-refractivity contribution in [3.63, 3.8) is 0 Å². The fraction of sp³-hybridized carbons (Fsp3) is 0.0714. The Morgan fingerprint density at radius 2 is 2.15 bits per heavy atom. The van der Waals surface area contributed by atoms with Crippen LogP contribution in [0.1, 0.15) is 5.56 Å². The Balaban J connectivity index is 1.92. The Kier molecular flexibility index (Phi) is 4.69. The van der Waals surface area contributed by atoms with Gasteiger partial charge in [0.05, 0.1) is 5.56 Å². The number of para-hydroxylation sites is 1. The van der Waals surface area contributed by atoms with Crippen molar-refractivity contribution >= 4 is 27.7 Å². The predicted molar refractivity (Wildman–Crippen MR) is 77.2 cm³/mol. The molecule has 2 aromatic rings. The minimum absolute atomic E-state index is 0.184. The van der Waals surface area contributed by atoms with Gasteiger partial charge in [0.25, 0.3) is 5.91 Å². The molecule has 5 nitrogen and oxygen atoms in total. The molecule has 20 heavy (non-hydrogen) atoms. The van der Waals surface area contributed by atoms with Crippen molar-refractivity contribution in [2.24, 2.45) is 0 Å². The van der Waals surface area contributed by atoms with Gasteiger partial charge >= 0.3 is 0 Å². The maximum Gasteiger partial charge on any atom is 0.263 e. The zero-order chi connectivity index (χ0) is 14.4. The van der Waals surface area contributed by atoms with Gasteiger partial charge in [-0.05, 0) is 40.2 Å². The Labute approximate surface area is 124 Å². The Bertz CT molecular complexity index is 650. The summed E-state index contributed by atoms with van der Waals surface area (Å²) >= 11 is 3.26. The van der Waals surface area contributed by atoms with Crippen LogP contribution in [0, 0.1) is 11.3 Å². The summed E-state index contributed by atoms with van der Waals surface area (Å²) in [5, 5.41) is 11.5. The number of carbonyl (C=O) groups is 1. The molecule has 100 valence electrons. The Morgan fingerprint density at radius 3 is 2.85 bits per heavy atom. The van der Waals surface area contributed by atoms with Crippen LogP contribution in [-0.2, 0) is 4.79 Å². The van der Waals surface area contributed by atoms with Gasteiger partial charge in [0.1, 0.15) is 17.6 Å². The molecule has 0 aliphatic heterocycles. The maximum atomic E-state index is 11.7. The molecule has 0 radical (unpaired) electrons. The monoisotopic (exact) mass is 331 g/mol. The molecule has 0 atom stereocenters. The molecule has 1 aromatic carbocycles. The van der Waals surface area contributed by atoms with Crippen LogP contribution >= 0.6 is 15.9 Å². The summed E-state index contributed by atoms with van der Waals surface area (Å²) in [6, 6.07) is 12.2. The number of hydrogen-bond acceptors (Lipinski definition) is 4. The number of nitriles is 1. The number of nitrogens with one attached hydrogen (secondary N) is 1. The minimum atomic E-state index is -0.340. The first kappa shape index (κ1) is 14.0. The molecule has 0 unspecified atom stereocenters. The summed E-state index contributed by atoms with van der Waals surface area (Å²) in [7, 11) is 0. The minimum Gasteiger partial charge on any atom is -0.482 e. The van der Waals surface area contributed by atoms with Gasteiger partial charge in [0.15, 0.2) is 6.61 Å². The zero-order valence-electron chi connectivity index (χ0n) is 10.3. The number of halogens is 1. The summed E-state index contributed by atoms with van der Waals surface area (Å²) in [5.74, 6) is 0.483. The molecule has 0 saturated carbocycles. The highest BCUT2D eigenvalue weighted by Crippen LogP contribution is 2.16. The van der Waals surface area contributed by atoms with Crippen molar-refractivity contribution in [2.45, 2.75) is 0 Å². The molecule has 1 amide bonds. The van der Waals surface area contributed by atoms with Gasteiger partial charge in [-0.3, -0.25) is 4.79 Å². The molecule has 0 aliphatic rings. The quantitative estimate of drug-likeness (QED) is 0.934. The summed E-state index contributed by atoms with van der Waals surface area (Å²) in [6.45, 7) is -0.184. The highest BCUT2D eigenvalue weighted by atomic mass is 79.9. The van der Waals surface area contributed by atoms with E-state index in [9.17, 15) is 4.79 Å². The van der Waals surface area contributed by atoms with Crippen molar-refractivity contribution in [3.8, 4) is 11.8 Å². The predicted octanol–water partition coefficient (Wildman–Crippen LogP) is 2.73. The number of pyridine rings is 1. The van der Waals surface area contributed by atoms with Crippen molar-refractivity contribution in [3.05, 3.63) is 52.6 Å². The number of ether oxygens (including phenoxy) is 1. The molecule has 0 spiro atoms. The van der Waals surface area contributed by atoms with Gasteiger partial charge in [-0.15, -0.1) is 0 Å². The normalized spacial score (nSPS) is 9.60. The largest absolute Gasteiger partial charge is 0.482 e. The number of rotatable bonds is 4. The number of benzene rings is 1. The lowest BCUT2D eigenvalue weighted by Crippen LogP contribution is -2.20. The van der Waals surface area contributed by atoms with Gasteiger partial charge in [-0.2, -0.15) is 5.26 Å². The lowest BCUT2D eigenvalue weighted by atomic mass is 10.2. The maximum absolute atomic E-state index is 11.7. The van der Waals surface area contributed by atoms with E-state index in [4.69, 9.17) is 10.00 Å². The van der Waals surface area contributed by atoms with Crippen LogP contribution in [0.5, 0.6) is 5.75 Å². The average Bonchev–Trinajstić information content (AvgIpc) is 2.48. The number of aromatic nitrogens is 1. The molecule has 1 aromatic heterocycles. The molecular weight excluding hydrogens is 322 g/mol. The first-order valence-electron chi connectivity index (χ1n) is 5.72. The van der Waals surface area contributed by atoms with Gasteiger partial charge in [-0.1, -0.05) is 12.1 Å². The van der Waals surface area contributed by atoms with Gasteiger partial charge < -0.3 is 10.1 Å². The van der Waals surface area contributed by atoms with Crippen LogP contribution in [-0.4, -0.2) is 17.5 Å². The second kappa shape index (κ2) is 6.68. The second-order valence-electron chi connectivity index (χ2n) is 3.81. The standard InChI is InChI=1S/C14H10BrN3O2/c15-11-5-6-13(17-8-11)18-14(19)9-20-12-4-2-1-3-10(12)7-16/h1-6,8H,9H2,(H,17,18,19). The van der Waals surface area contributed by atoms with E-state index in [1.807, 2.05) is 6.07 Å². The molecule has 1 N–H and O–H groups in total. The number of anilines is 1. The van der Waals surface area contributed by atoms with Gasteiger partial charge in [0.2, 0.25) is 0 Å². The molecule has 6 heteroatoms. The van der Waals surface area contributed by atoms with Crippen LogP contribution in [0.15, 0.2) is 47.1 Å². The zero-order valence-corrected chi connectivity index (χ0v) is 11.9. The van der Waals surface area contributed by atoms with Crippen LogP contribution in [0.4, 0.5) is 5.82 Å². The van der Waals surface area contributed by atoms with E-state index in [2.05, 4.69) is 26.2 Å². The molecule has 2 rings (SSSR count). The van der Waals surface area contributed by atoms with Crippen LogP contribution in [0.2, 0.25) is 0 Å². The Morgan fingerprint density at radius 1 is 1.35 bits per heavy atom. The van der Waals surface area contributed by atoms with Crippen molar-refractivity contribution < 1.29 is 9.53 Å². The van der Waals surface area contributed by atoms with E-state index in [-0.39, 0.29) is 12.5 Å². The Hall–Kier alpha value is -2.39. The number of hydrogen-bond donors (Lipinski definition) is 1. The summed E-state index contributed by atoms with van der Waals surface area (Å²) in [5.41, 5.74) is 0.391. The van der Waals surface area contributed by atoms with Crippen molar-refractivity contribution in [1.82, 2.24) is 4.98 Å². The van der Waals surface area contributed by atoms with E-state index in [0.29, 0.717) is 17.1 Å². The van der Waals surface area contributed by atoms with Crippen molar-refractivity contribution in [1.29, 1.82) is 5.26 Å². The number of amides is 1. The SMILES string of the molecule is N#Cc1ccccc1OCC(=O)Nc1ccc(Br)cn1. The molecular formula is C14H10BrN3O2. The van der Waals surface area contributed by atoms with E-state index >= 15 is 0 Å². The van der Waals surface area contributed by atoms with Crippen LogP contribution in [0.3, 0.4) is 0 Å². The third kappa shape index (κ3) is 3.80. The second-order valence-corrected chi connectivity index (χ2v) is 4.72. The first-order valence-corrected chi connectivity index (χ1v) is 6.51. The fourth-order valence-electron chi connectivity index (χ4n) is 1.46. The summed E-state index contributed by atoms with van der Waals surface area (Å²) in [4.78, 5) is 15.7. The first-order chi connectivity index (χ1) is 9.69. The third-order valence-electron chi connectivity index (χ3n) is 2.36. The van der Waals surface area contributed by atoms with E-state index in [1.54, 1.807) is 42.6 Å². The highest BCUT2D eigenvalue weighted by molar-refractivity contribution is 9.10. The lowest BCUT2D eigenvalue weighted by molar-refractivity contribution is -0.118.